The molecule has 0 aromatic heterocycles. The Morgan fingerprint density at radius 3 is 2.65 bits per heavy atom. The molecule has 2 aliphatic rings. The van der Waals surface area contributed by atoms with Crippen LogP contribution < -0.4 is 9.47 Å². The number of piperazine rings is 1. The number of ether oxygens (including phenoxy) is 2. The third-order valence-corrected chi connectivity index (χ3v) is 3.53. The summed E-state index contributed by atoms with van der Waals surface area (Å²) in [6.45, 7) is 2.25. The van der Waals surface area contributed by atoms with Crippen molar-refractivity contribution in [2.24, 2.45) is 0 Å². The lowest BCUT2D eigenvalue weighted by Gasteiger charge is -2.32. The molecule has 0 bridgehead atoms. The second-order valence-electron chi connectivity index (χ2n) is 4.90. The van der Waals surface area contributed by atoms with Crippen LogP contribution >= 0.6 is 0 Å². The van der Waals surface area contributed by atoms with Gasteiger partial charge in [-0.1, -0.05) is 0 Å². The first-order valence-corrected chi connectivity index (χ1v) is 6.58. The monoisotopic (exact) mass is 276 g/mol. The first-order chi connectivity index (χ1) is 9.65. The highest BCUT2D eigenvalue weighted by atomic mass is 16.6. The molecule has 1 fully saturated rings. The Labute approximate surface area is 116 Å². The normalized spacial score (nSPS) is 18.1. The summed E-state index contributed by atoms with van der Waals surface area (Å²) in [6, 6.07) is 5.12. The zero-order valence-corrected chi connectivity index (χ0v) is 11.3. The van der Waals surface area contributed by atoms with Gasteiger partial charge in [-0.2, -0.15) is 0 Å². The minimum atomic E-state index is -0.150. The van der Waals surface area contributed by atoms with E-state index >= 15 is 0 Å². The standard InChI is InChI=1S/C14H16N2O4/c1-15-4-5-16(9-13(15)17)14(18)10-2-3-11-12(8-10)20-7-6-19-11/h2-3,8H,4-7,9H2,1H3. The van der Waals surface area contributed by atoms with Gasteiger partial charge in [0.1, 0.15) is 19.8 Å². The van der Waals surface area contributed by atoms with Gasteiger partial charge in [-0.3, -0.25) is 9.59 Å². The van der Waals surface area contributed by atoms with E-state index in [0.717, 1.165) is 0 Å². The van der Waals surface area contributed by atoms with Gasteiger partial charge in [0, 0.05) is 25.7 Å². The lowest BCUT2D eigenvalue weighted by molar-refractivity contribution is -0.133. The predicted octanol–water partition coefficient (Wildman–Crippen LogP) is 0.372. The lowest BCUT2D eigenvalue weighted by atomic mass is 10.1. The quantitative estimate of drug-likeness (QED) is 0.743. The van der Waals surface area contributed by atoms with E-state index in [9.17, 15) is 9.59 Å². The van der Waals surface area contributed by atoms with Crippen molar-refractivity contribution in [1.29, 1.82) is 0 Å². The van der Waals surface area contributed by atoms with Crippen molar-refractivity contribution in [3.05, 3.63) is 23.8 Å². The van der Waals surface area contributed by atoms with Crippen molar-refractivity contribution < 1.29 is 19.1 Å². The first kappa shape index (κ1) is 12.8. The van der Waals surface area contributed by atoms with Crippen molar-refractivity contribution >= 4 is 11.8 Å². The summed E-state index contributed by atoms with van der Waals surface area (Å²) in [5, 5.41) is 0. The smallest absolute Gasteiger partial charge is 0.254 e. The minimum Gasteiger partial charge on any atom is -0.486 e. The Bertz CT molecular complexity index is 558. The average Bonchev–Trinajstić information content (AvgIpc) is 2.49. The van der Waals surface area contributed by atoms with Crippen LogP contribution in [0, 0.1) is 0 Å². The number of carbonyl (C=O) groups excluding carboxylic acids is 2. The molecule has 3 rings (SSSR count). The minimum absolute atomic E-state index is 0.0397. The van der Waals surface area contributed by atoms with E-state index in [4.69, 9.17) is 9.47 Å². The van der Waals surface area contributed by atoms with Gasteiger partial charge in [0.15, 0.2) is 11.5 Å². The molecule has 0 N–H and O–H groups in total. The Morgan fingerprint density at radius 2 is 1.90 bits per heavy atom. The number of hydrogen-bond acceptors (Lipinski definition) is 4. The SMILES string of the molecule is CN1CCN(C(=O)c2ccc3c(c2)OCCO3)CC1=O. The average molecular weight is 276 g/mol. The predicted molar refractivity (Wildman–Crippen MR) is 71.0 cm³/mol. The molecule has 2 heterocycles. The Balaban J connectivity index is 1.79. The molecule has 106 valence electrons. The van der Waals surface area contributed by atoms with Gasteiger partial charge in [-0.25, -0.2) is 0 Å². The second kappa shape index (κ2) is 5.03. The van der Waals surface area contributed by atoms with Crippen LogP contribution in [0.4, 0.5) is 0 Å². The highest BCUT2D eigenvalue weighted by Crippen LogP contribution is 2.31. The van der Waals surface area contributed by atoms with Crippen LogP contribution in [-0.2, 0) is 4.79 Å². The summed E-state index contributed by atoms with van der Waals surface area (Å²) in [5.41, 5.74) is 0.520. The summed E-state index contributed by atoms with van der Waals surface area (Å²) in [7, 11) is 1.74. The van der Waals surface area contributed by atoms with Gasteiger partial charge < -0.3 is 19.3 Å². The highest BCUT2D eigenvalue weighted by molar-refractivity contribution is 5.97. The molecule has 1 aromatic carbocycles. The number of amides is 2. The van der Waals surface area contributed by atoms with E-state index in [0.29, 0.717) is 43.4 Å². The van der Waals surface area contributed by atoms with Gasteiger partial charge >= 0.3 is 0 Å². The molecule has 2 amide bonds. The van der Waals surface area contributed by atoms with Crippen molar-refractivity contribution in [2.75, 3.05) is 39.9 Å². The molecule has 0 atom stereocenters. The van der Waals surface area contributed by atoms with Crippen molar-refractivity contribution in [3.63, 3.8) is 0 Å². The number of benzene rings is 1. The number of hydrogen-bond donors (Lipinski definition) is 0. The van der Waals surface area contributed by atoms with E-state index in [1.807, 2.05) is 0 Å². The van der Waals surface area contributed by atoms with Gasteiger partial charge in [-0.15, -0.1) is 0 Å². The molecule has 0 saturated carbocycles. The largest absolute Gasteiger partial charge is 0.486 e. The summed E-state index contributed by atoms with van der Waals surface area (Å²) in [4.78, 5) is 27.3. The van der Waals surface area contributed by atoms with Crippen LogP contribution in [-0.4, -0.2) is 61.5 Å². The van der Waals surface area contributed by atoms with Crippen LogP contribution in [0.5, 0.6) is 11.5 Å². The Kier molecular flexibility index (Phi) is 3.22. The summed E-state index contributed by atoms with van der Waals surface area (Å²) >= 11 is 0. The van der Waals surface area contributed by atoms with Crippen LogP contribution in [0.2, 0.25) is 0 Å². The van der Waals surface area contributed by atoms with Crippen molar-refractivity contribution in [3.8, 4) is 11.5 Å². The molecular weight excluding hydrogens is 260 g/mol. The first-order valence-electron chi connectivity index (χ1n) is 6.58. The number of carbonyl (C=O) groups is 2. The number of rotatable bonds is 1. The van der Waals surface area contributed by atoms with Crippen LogP contribution in [0.1, 0.15) is 10.4 Å². The maximum absolute atomic E-state index is 12.4. The van der Waals surface area contributed by atoms with Gasteiger partial charge in [-0.05, 0) is 18.2 Å². The summed E-state index contributed by atoms with van der Waals surface area (Å²) in [5.74, 6) is 1.05. The summed E-state index contributed by atoms with van der Waals surface area (Å²) in [6.07, 6.45) is 0. The Morgan fingerprint density at radius 1 is 1.15 bits per heavy atom. The fourth-order valence-corrected chi connectivity index (χ4v) is 2.29. The maximum atomic E-state index is 12.4. The highest BCUT2D eigenvalue weighted by Gasteiger charge is 2.26. The molecule has 0 radical (unpaired) electrons. The van der Waals surface area contributed by atoms with Crippen LogP contribution in [0.3, 0.4) is 0 Å². The molecule has 2 aliphatic heterocycles. The van der Waals surface area contributed by atoms with Crippen molar-refractivity contribution in [1.82, 2.24) is 9.80 Å². The molecule has 1 saturated heterocycles. The van der Waals surface area contributed by atoms with Gasteiger partial charge in [0.05, 0.1) is 0 Å². The fourth-order valence-electron chi connectivity index (χ4n) is 2.29. The van der Waals surface area contributed by atoms with E-state index in [1.165, 1.54) is 0 Å². The molecule has 0 unspecified atom stereocenters. The van der Waals surface area contributed by atoms with Crippen LogP contribution in [0.25, 0.3) is 0 Å². The molecule has 0 aliphatic carbocycles. The third-order valence-electron chi connectivity index (χ3n) is 3.53. The summed E-state index contributed by atoms with van der Waals surface area (Å²) < 4.78 is 10.9. The molecule has 1 aromatic rings. The van der Waals surface area contributed by atoms with E-state index in [-0.39, 0.29) is 18.4 Å². The van der Waals surface area contributed by atoms with E-state index in [2.05, 4.69) is 0 Å². The molecule has 0 spiro atoms. The van der Waals surface area contributed by atoms with Gasteiger partial charge in [0.25, 0.3) is 5.91 Å². The molecule has 6 nitrogen and oxygen atoms in total. The zero-order chi connectivity index (χ0) is 14.1. The second-order valence-corrected chi connectivity index (χ2v) is 4.90. The Hall–Kier alpha value is -2.24. The maximum Gasteiger partial charge on any atom is 0.254 e. The fraction of sp³-hybridized carbons (Fsp3) is 0.429. The third kappa shape index (κ3) is 2.29. The molecule has 6 heteroatoms. The van der Waals surface area contributed by atoms with Crippen molar-refractivity contribution in [2.45, 2.75) is 0 Å². The zero-order valence-electron chi connectivity index (χ0n) is 11.3. The number of fused-ring (bicyclic) bond motifs is 1. The number of likely N-dealkylation sites (N-methyl/N-ethyl adjacent to an activating group) is 1. The molecule has 20 heavy (non-hydrogen) atoms. The van der Waals surface area contributed by atoms with E-state index < -0.39 is 0 Å². The van der Waals surface area contributed by atoms with Crippen LogP contribution in [0.15, 0.2) is 18.2 Å². The molecular formula is C14H16N2O4. The van der Waals surface area contributed by atoms with Gasteiger partial charge in [0.2, 0.25) is 5.91 Å². The van der Waals surface area contributed by atoms with E-state index in [1.54, 1.807) is 35.0 Å². The lowest BCUT2D eigenvalue weighted by Crippen LogP contribution is -2.50. The topological polar surface area (TPSA) is 59.1 Å². The number of nitrogens with zero attached hydrogens (tertiary/aromatic N) is 2.